The molecule has 2 heterocycles. The third-order valence-electron chi connectivity index (χ3n) is 7.03. The molecule has 0 fully saturated rings. The topological polar surface area (TPSA) is 88.2 Å². The standard InChI is InChI=1S/C33H36N4O3/c1-5-7-8-12-17-36-32(38)28(24(4)29(21-34)33(36)39)20-26-22-37(27-13-10-9-11-14-27)35-31(26)25-15-16-30(23(3)19-25)40-18-6-2/h9-11,13-16,19-20,22H,5-8,12,17-18H2,1-4H3/b28-20+. The Balaban J connectivity index is 1.82. The highest BCUT2D eigenvalue weighted by Gasteiger charge is 2.35. The van der Waals surface area contributed by atoms with Crippen molar-refractivity contribution in [2.45, 2.75) is 59.8 Å². The molecule has 1 aromatic heterocycles. The Morgan fingerprint density at radius 2 is 1.75 bits per heavy atom. The second kappa shape index (κ2) is 13.1. The van der Waals surface area contributed by atoms with Gasteiger partial charge in [0.05, 0.1) is 18.0 Å². The van der Waals surface area contributed by atoms with Crippen LogP contribution in [0.1, 0.15) is 64.0 Å². The summed E-state index contributed by atoms with van der Waals surface area (Å²) >= 11 is 0. The molecule has 4 rings (SSSR count). The van der Waals surface area contributed by atoms with E-state index in [0.29, 0.717) is 42.0 Å². The van der Waals surface area contributed by atoms with E-state index < -0.39 is 5.91 Å². The van der Waals surface area contributed by atoms with E-state index in [2.05, 4.69) is 13.8 Å². The number of benzene rings is 2. The van der Waals surface area contributed by atoms with E-state index in [1.165, 1.54) is 4.90 Å². The average Bonchev–Trinajstić information content (AvgIpc) is 3.39. The van der Waals surface area contributed by atoms with Crippen LogP contribution >= 0.6 is 0 Å². The minimum Gasteiger partial charge on any atom is -0.493 e. The maximum absolute atomic E-state index is 13.6. The van der Waals surface area contributed by atoms with Gasteiger partial charge in [-0.05, 0) is 74.2 Å². The van der Waals surface area contributed by atoms with Crippen LogP contribution in [0.5, 0.6) is 5.75 Å². The summed E-state index contributed by atoms with van der Waals surface area (Å²) in [5.74, 6) is -0.0711. The van der Waals surface area contributed by atoms with Crippen LogP contribution in [0.15, 0.2) is 71.4 Å². The summed E-state index contributed by atoms with van der Waals surface area (Å²) in [4.78, 5) is 27.9. The number of nitrogens with zero attached hydrogens (tertiary/aromatic N) is 4. The number of nitriles is 1. The Morgan fingerprint density at radius 1 is 0.975 bits per heavy atom. The van der Waals surface area contributed by atoms with Gasteiger partial charge in [0.25, 0.3) is 11.8 Å². The van der Waals surface area contributed by atoms with Crippen molar-refractivity contribution in [2.75, 3.05) is 13.2 Å². The van der Waals surface area contributed by atoms with E-state index in [0.717, 1.165) is 48.2 Å². The van der Waals surface area contributed by atoms with E-state index in [4.69, 9.17) is 9.84 Å². The van der Waals surface area contributed by atoms with Crippen LogP contribution in [0.4, 0.5) is 0 Å². The van der Waals surface area contributed by atoms with E-state index in [-0.39, 0.29) is 11.5 Å². The number of carbonyl (C=O) groups excluding carboxylic acids is 2. The second-order valence-electron chi connectivity index (χ2n) is 10.0. The van der Waals surface area contributed by atoms with E-state index in [1.54, 1.807) is 17.7 Å². The molecule has 40 heavy (non-hydrogen) atoms. The van der Waals surface area contributed by atoms with Gasteiger partial charge in [0.2, 0.25) is 0 Å². The van der Waals surface area contributed by atoms with Crippen molar-refractivity contribution in [3.05, 3.63) is 82.6 Å². The van der Waals surface area contributed by atoms with Crippen molar-refractivity contribution in [3.8, 4) is 28.8 Å². The first-order valence-corrected chi connectivity index (χ1v) is 14.0. The van der Waals surface area contributed by atoms with Crippen LogP contribution in [0.2, 0.25) is 0 Å². The lowest BCUT2D eigenvalue weighted by molar-refractivity contribution is -0.140. The SMILES string of the molecule is CCCCCCN1C(=O)C(C#N)=C(C)/C(=C\c2cn(-c3ccccc3)nc2-c2ccc(OCCC)c(C)c2)C1=O. The Morgan fingerprint density at radius 3 is 2.42 bits per heavy atom. The number of hydrogen-bond donors (Lipinski definition) is 0. The fourth-order valence-corrected chi connectivity index (χ4v) is 4.79. The number of imide groups is 1. The van der Waals surface area contributed by atoms with Crippen molar-refractivity contribution in [2.24, 2.45) is 0 Å². The van der Waals surface area contributed by atoms with Crippen molar-refractivity contribution < 1.29 is 14.3 Å². The molecule has 0 saturated heterocycles. The maximum Gasteiger partial charge on any atom is 0.271 e. The highest BCUT2D eigenvalue weighted by Crippen LogP contribution is 2.33. The summed E-state index contributed by atoms with van der Waals surface area (Å²) in [6.45, 7) is 8.78. The number of aromatic nitrogens is 2. The van der Waals surface area contributed by atoms with Crippen LogP contribution in [-0.2, 0) is 9.59 Å². The number of aryl methyl sites for hydroxylation is 1. The predicted molar refractivity (Wildman–Crippen MR) is 157 cm³/mol. The Kier molecular flexibility index (Phi) is 9.34. The normalized spacial score (nSPS) is 14.7. The van der Waals surface area contributed by atoms with Gasteiger partial charge in [0.15, 0.2) is 0 Å². The van der Waals surface area contributed by atoms with Gasteiger partial charge >= 0.3 is 0 Å². The molecule has 0 unspecified atom stereocenters. The lowest BCUT2D eigenvalue weighted by Gasteiger charge is -2.27. The molecule has 7 nitrogen and oxygen atoms in total. The number of ether oxygens (including phenoxy) is 1. The van der Waals surface area contributed by atoms with Crippen molar-refractivity contribution >= 4 is 17.9 Å². The van der Waals surface area contributed by atoms with Gasteiger partial charge in [-0.1, -0.05) is 51.3 Å². The number of carbonyl (C=O) groups is 2. The molecule has 0 atom stereocenters. The summed E-state index contributed by atoms with van der Waals surface area (Å²) in [6.07, 6.45) is 8.27. The molecule has 0 spiro atoms. The Hall–Kier alpha value is -4.44. The lowest BCUT2D eigenvalue weighted by atomic mass is 9.93. The zero-order valence-corrected chi connectivity index (χ0v) is 23.7. The van der Waals surface area contributed by atoms with Gasteiger partial charge in [-0.15, -0.1) is 0 Å². The smallest absolute Gasteiger partial charge is 0.271 e. The van der Waals surface area contributed by atoms with Crippen LogP contribution in [0, 0.1) is 18.3 Å². The average molecular weight is 537 g/mol. The van der Waals surface area contributed by atoms with Gasteiger partial charge in [-0.3, -0.25) is 14.5 Å². The van der Waals surface area contributed by atoms with Gasteiger partial charge in [0, 0.05) is 29.4 Å². The molecule has 0 radical (unpaired) electrons. The van der Waals surface area contributed by atoms with Crippen LogP contribution in [0.3, 0.4) is 0 Å². The Bertz CT molecular complexity index is 1490. The molecule has 1 aliphatic heterocycles. The van der Waals surface area contributed by atoms with Gasteiger partial charge < -0.3 is 4.74 Å². The molecule has 0 bridgehead atoms. The van der Waals surface area contributed by atoms with Crippen LogP contribution in [-0.4, -0.2) is 39.6 Å². The summed E-state index contributed by atoms with van der Waals surface area (Å²) in [6, 6.07) is 17.7. The van der Waals surface area contributed by atoms with Gasteiger partial charge in [-0.2, -0.15) is 10.4 Å². The van der Waals surface area contributed by atoms with Crippen LogP contribution in [0.25, 0.3) is 23.0 Å². The molecular weight excluding hydrogens is 500 g/mol. The highest BCUT2D eigenvalue weighted by molar-refractivity contribution is 6.19. The minimum atomic E-state index is -0.517. The largest absolute Gasteiger partial charge is 0.493 e. The van der Waals surface area contributed by atoms with Crippen LogP contribution < -0.4 is 4.74 Å². The number of para-hydroxylation sites is 1. The third kappa shape index (κ3) is 6.07. The molecule has 0 aliphatic carbocycles. The fraction of sp³-hybridized carbons (Fsp3) is 0.333. The first kappa shape index (κ1) is 28.6. The van der Waals surface area contributed by atoms with E-state index in [9.17, 15) is 14.9 Å². The zero-order chi connectivity index (χ0) is 28.6. The molecule has 206 valence electrons. The first-order chi connectivity index (χ1) is 19.4. The number of hydrogen-bond acceptors (Lipinski definition) is 5. The molecule has 1 aliphatic rings. The monoisotopic (exact) mass is 536 g/mol. The molecule has 0 saturated carbocycles. The number of amides is 2. The summed E-state index contributed by atoms with van der Waals surface area (Å²) in [7, 11) is 0. The quantitative estimate of drug-likeness (QED) is 0.153. The number of rotatable bonds is 11. The second-order valence-corrected chi connectivity index (χ2v) is 10.0. The molecule has 0 N–H and O–H groups in total. The molecule has 7 heteroatoms. The summed E-state index contributed by atoms with van der Waals surface area (Å²) in [5.41, 5.74) is 4.87. The number of unbranched alkanes of at least 4 members (excludes halogenated alkanes) is 3. The molecular formula is C33H36N4O3. The first-order valence-electron chi connectivity index (χ1n) is 14.0. The summed E-state index contributed by atoms with van der Waals surface area (Å²) in [5, 5.41) is 14.7. The van der Waals surface area contributed by atoms with Crippen molar-refractivity contribution in [3.63, 3.8) is 0 Å². The van der Waals surface area contributed by atoms with Gasteiger partial charge in [0.1, 0.15) is 17.4 Å². The van der Waals surface area contributed by atoms with Crippen molar-refractivity contribution in [1.29, 1.82) is 5.26 Å². The molecule has 3 aromatic rings. The highest BCUT2D eigenvalue weighted by atomic mass is 16.5. The Labute approximate surface area is 236 Å². The molecule has 2 amide bonds. The third-order valence-corrected chi connectivity index (χ3v) is 7.03. The summed E-state index contributed by atoms with van der Waals surface area (Å²) < 4.78 is 7.65. The minimum absolute atomic E-state index is 0.00612. The van der Waals surface area contributed by atoms with E-state index in [1.807, 2.05) is 67.7 Å². The van der Waals surface area contributed by atoms with Gasteiger partial charge in [-0.25, -0.2) is 4.68 Å². The fourth-order valence-electron chi connectivity index (χ4n) is 4.79. The van der Waals surface area contributed by atoms with Crippen molar-refractivity contribution in [1.82, 2.24) is 14.7 Å². The maximum atomic E-state index is 13.6. The molecule has 2 aromatic carbocycles. The lowest BCUT2D eigenvalue weighted by Crippen LogP contribution is -2.43. The van der Waals surface area contributed by atoms with E-state index >= 15 is 0 Å². The zero-order valence-electron chi connectivity index (χ0n) is 23.7. The predicted octanol–water partition coefficient (Wildman–Crippen LogP) is 6.81.